The number of aryl methyl sites for hydroxylation is 1. The molecule has 0 atom stereocenters. The van der Waals surface area contributed by atoms with Gasteiger partial charge in [0.05, 0.1) is 11.1 Å². The highest BCUT2D eigenvalue weighted by Gasteiger charge is 2.37. The first-order valence-corrected chi connectivity index (χ1v) is 6.45. The van der Waals surface area contributed by atoms with Crippen molar-refractivity contribution in [3.63, 3.8) is 0 Å². The molecule has 5 nitrogen and oxygen atoms in total. The third-order valence-electron chi connectivity index (χ3n) is 2.51. The smallest absolute Gasteiger partial charge is 0.418 e. The zero-order valence-corrected chi connectivity index (χ0v) is 11.1. The molecule has 0 aromatic carbocycles. The van der Waals surface area contributed by atoms with Crippen LogP contribution in [0.1, 0.15) is 35.1 Å². The Hall–Kier alpha value is -1.90. The molecule has 0 saturated heterocycles. The number of aromatic carboxylic acids is 1. The molecule has 0 spiro atoms. The zero-order chi connectivity index (χ0) is 14.9. The number of rotatable bonds is 4. The van der Waals surface area contributed by atoms with Crippen LogP contribution in [0.2, 0.25) is 0 Å². The molecule has 0 unspecified atom stereocenters. The highest BCUT2D eigenvalue weighted by Crippen LogP contribution is 2.33. The van der Waals surface area contributed by atoms with Gasteiger partial charge in [-0.25, -0.2) is 9.78 Å². The Morgan fingerprint density at radius 1 is 1.45 bits per heavy atom. The molecule has 2 aromatic rings. The minimum Gasteiger partial charge on any atom is -0.478 e. The van der Waals surface area contributed by atoms with Crippen molar-refractivity contribution >= 4 is 17.5 Å². The van der Waals surface area contributed by atoms with Crippen molar-refractivity contribution in [2.45, 2.75) is 25.9 Å². The second-order valence-electron chi connectivity index (χ2n) is 4.04. The summed E-state index contributed by atoms with van der Waals surface area (Å²) in [4.78, 5) is 15.0. The van der Waals surface area contributed by atoms with Gasteiger partial charge in [-0.05, 0) is 6.42 Å². The number of nitrogens with zero attached hydrogens (tertiary/aromatic N) is 3. The summed E-state index contributed by atoms with van der Waals surface area (Å²) in [5, 5.41) is 9.05. The van der Waals surface area contributed by atoms with E-state index in [2.05, 4.69) is 9.36 Å². The second-order valence-corrected chi connectivity index (χ2v) is 4.77. The highest BCUT2D eigenvalue weighted by molar-refractivity contribution is 7.08. The molecule has 2 aromatic heterocycles. The van der Waals surface area contributed by atoms with Crippen LogP contribution < -0.4 is 0 Å². The molecule has 108 valence electrons. The van der Waals surface area contributed by atoms with Crippen LogP contribution in [0.3, 0.4) is 0 Å². The van der Waals surface area contributed by atoms with Gasteiger partial charge in [-0.3, -0.25) is 4.57 Å². The van der Waals surface area contributed by atoms with E-state index < -0.39 is 23.3 Å². The van der Waals surface area contributed by atoms with Crippen molar-refractivity contribution in [2.24, 2.45) is 0 Å². The summed E-state index contributed by atoms with van der Waals surface area (Å²) in [6.45, 7) is 1.93. The topological polar surface area (TPSA) is 68.0 Å². The van der Waals surface area contributed by atoms with E-state index in [-0.39, 0.29) is 5.13 Å². The molecule has 0 aliphatic heterocycles. The summed E-state index contributed by atoms with van der Waals surface area (Å²) in [7, 11) is 0. The third kappa shape index (κ3) is 2.82. The lowest BCUT2D eigenvalue weighted by molar-refractivity contribution is -0.138. The minimum absolute atomic E-state index is 0.214. The van der Waals surface area contributed by atoms with Gasteiger partial charge in [-0.2, -0.15) is 17.5 Å². The lowest BCUT2D eigenvalue weighted by Gasteiger charge is -2.03. The number of carboxylic acid groups (broad SMARTS) is 1. The van der Waals surface area contributed by atoms with Crippen molar-refractivity contribution in [2.75, 3.05) is 0 Å². The molecule has 1 N–H and O–H groups in total. The van der Waals surface area contributed by atoms with E-state index >= 15 is 0 Å². The van der Waals surface area contributed by atoms with Crippen molar-refractivity contribution in [3.8, 4) is 5.13 Å². The quantitative estimate of drug-likeness (QED) is 0.943. The largest absolute Gasteiger partial charge is 0.478 e. The van der Waals surface area contributed by atoms with E-state index in [1.807, 2.05) is 6.92 Å². The van der Waals surface area contributed by atoms with Crippen LogP contribution in [0.4, 0.5) is 13.2 Å². The molecule has 0 aliphatic rings. The number of hydrogen-bond acceptors (Lipinski definition) is 4. The first-order valence-electron chi connectivity index (χ1n) is 5.68. The average Bonchev–Trinajstić information content (AvgIpc) is 2.93. The Labute approximate surface area is 115 Å². The van der Waals surface area contributed by atoms with Crippen LogP contribution >= 0.6 is 11.5 Å². The molecule has 0 fully saturated rings. The third-order valence-corrected chi connectivity index (χ3v) is 3.28. The van der Waals surface area contributed by atoms with Gasteiger partial charge >= 0.3 is 12.1 Å². The molecule has 0 saturated carbocycles. The van der Waals surface area contributed by atoms with Crippen LogP contribution in [0.25, 0.3) is 5.13 Å². The van der Waals surface area contributed by atoms with Gasteiger partial charge in [-0.1, -0.05) is 6.92 Å². The van der Waals surface area contributed by atoms with E-state index in [4.69, 9.17) is 5.11 Å². The number of carboxylic acids is 1. The van der Waals surface area contributed by atoms with Gasteiger partial charge in [0.15, 0.2) is 0 Å². The van der Waals surface area contributed by atoms with Gasteiger partial charge in [0, 0.05) is 30.3 Å². The molecule has 9 heteroatoms. The maximum Gasteiger partial charge on any atom is 0.418 e. The Morgan fingerprint density at radius 3 is 2.65 bits per heavy atom. The molecule has 0 amide bonds. The number of carbonyl (C=O) groups is 1. The van der Waals surface area contributed by atoms with Crippen LogP contribution in [0.5, 0.6) is 0 Å². The highest BCUT2D eigenvalue weighted by atomic mass is 32.1. The first kappa shape index (κ1) is 14.5. The van der Waals surface area contributed by atoms with Crippen molar-refractivity contribution in [1.29, 1.82) is 0 Å². The van der Waals surface area contributed by atoms with E-state index in [9.17, 15) is 18.0 Å². The predicted molar refractivity (Wildman–Crippen MR) is 65.2 cm³/mol. The van der Waals surface area contributed by atoms with Gasteiger partial charge in [0.25, 0.3) is 0 Å². The number of alkyl halides is 3. The van der Waals surface area contributed by atoms with Gasteiger partial charge in [-0.15, -0.1) is 0 Å². The van der Waals surface area contributed by atoms with Crippen LogP contribution in [0, 0.1) is 0 Å². The van der Waals surface area contributed by atoms with Gasteiger partial charge in [0.2, 0.25) is 5.13 Å². The molecule has 2 rings (SSSR count). The van der Waals surface area contributed by atoms with Crippen molar-refractivity contribution in [3.05, 3.63) is 29.3 Å². The Bertz CT molecular complexity index is 633. The van der Waals surface area contributed by atoms with Crippen molar-refractivity contribution in [1.82, 2.24) is 13.9 Å². The zero-order valence-electron chi connectivity index (χ0n) is 10.3. The SMILES string of the molecule is CCCc1nsc(-n2cc(C(=O)O)c(C(F)(F)F)c2)n1. The lowest BCUT2D eigenvalue weighted by atomic mass is 10.2. The van der Waals surface area contributed by atoms with Crippen LogP contribution in [0.15, 0.2) is 12.4 Å². The summed E-state index contributed by atoms with van der Waals surface area (Å²) in [6, 6.07) is 0. The summed E-state index contributed by atoms with van der Waals surface area (Å²) in [6.07, 6.45) is -1.66. The summed E-state index contributed by atoms with van der Waals surface area (Å²) in [5.74, 6) is -1.10. The van der Waals surface area contributed by atoms with E-state index in [0.29, 0.717) is 12.2 Å². The van der Waals surface area contributed by atoms with Crippen LogP contribution in [-0.2, 0) is 12.6 Å². The summed E-state index contributed by atoms with van der Waals surface area (Å²) < 4.78 is 43.3. The Kier molecular flexibility index (Phi) is 3.80. The van der Waals surface area contributed by atoms with Crippen LogP contribution in [-0.4, -0.2) is 25.0 Å². The predicted octanol–water partition coefficient (Wildman–Crippen LogP) is 3.00. The summed E-state index contributed by atoms with van der Waals surface area (Å²) in [5.41, 5.74) is -2.00. The number of hydrogen-bond donors (Lipinski definition) is 1. The molecular formula is C11H10F3N3O2S. The van der Waals surface area contributed by atoms with E-state index in [0.717, 1.165) is 34.9 Å². The maximum atomic E-state index is 12.8. The molecular weight excluding hydrogens is 295 g/mol. The standard InChI is InChI=1S/C11H10F3N3O2S/c1-2-3-8-15-10(20-16-8)17-4-6(9(18)19)7(5-17)11(12,13)14/h4-5H,2-3H2,1H3,(H,18,19). The fraction of sp³-hybridized carbons (Fsp3) is 0.364. The molecule has 0 radical (unpaired) electrons. The minimum atomic E-state index is -4.73. The van der Waals surface area contributed by atoms with E-state index in [1.54, 1.807) is 0 Å². The first-order chi connectivity index (χ1) is 9.32. The Morgan fingerprint density at radius 2 is 2.15 bits per heavy atom. The Balaban J connectivity index is 2.44. The monoisotopic (exact) mass is 305 g/mol. The van der Waals surface area contributed by atoms with E-state index in [1.165, 1.54) is 0 Å². The summed E-state index contributed by atoms with van der Waals surface area (Å²) >= 11 is 0.929. The second kappa shape index (κ2) is 5.23. The fourth-order valence-electron chi connectivity index (χ4n) is 1.64. The fourth-order valence-corrected chi connectivity index (χ4v) is 2.30. The molecule has 20 heavy (non-hydrogen) atoms. The molecule has 0 aliphatic carbocycles. The average molecular weight is 305 g/mol. The lowest BCUT2D eigenvalue weighted by Crippen LogP contribution is -2.09. The normalized spacial score (nSPS) is 11.8. The number of aromatic nitrogens is 3. The van der Waals surface area contributed by atoms with Crippen molar-refractivity contribution < 1.29 is 23.1 Å². The molecule has 2 heterocycles. The molecule has 0 bridgehead atoms. The maximum absolute atomic E-state index is 12.8. The van der Waals surface area contributed by atoms with Gasteiger partial charge < -0.3 is 5.11 Å². The number of halogens is 3. The van der Waals surface area contributed by atoms with Gasteiger partial charge in [0.1, 0.15) is 5.82 Å².